The number of halogens is 1. The van der Waals surface area contributed by atoms with Crippen molar-refractivity contribution in [3.05, 3.63) is 29.0 Å². The van der Waals surface area contributed by atoms with Crippen molar-refractivity contribution in [2.45, 2.75) is 25.4 Å². The molecule has 1 aliphatic rings. The Bertz CT molecular complexity index is 448. The number of hydrogen-bond donors (Lipinski definition) is 1. The maximum absolute atomic E-state index is 12.3. The average molecular weight is 299 g/mol. The Balaban J connectivity index is 1.85. The van der Waals surface area contributed by atoms with E-state index in [4.69, 9.17) is 21.4 Å². The van der Waals surface area contributed by atoms with E-state index in [0.717, 1.165) is 12.8 Å². The second kappa shape index (κ2) is 7.57. The normalized spacial score (nSPS) is 16.4. The number of rotatable bonds is 5. The predicted molar refractivity (Wildman–Crippen MR) is 75.8 cm³/mol. The van der Waals surface area contributed by atoms with Gasteiger partial charge in [-0.05, 0) is 25.3 Å². The zero-order valence-electron chi connectivity index (χ0n) is 11.3. The van der Waals surface area contributed by atoms with Crippen molar-refractivity contribution in [3.63, 3.8) is 0 Å². The van der Waals surface area contributed by atoms with E-state index in [1.807, 2.05) is 0 Å². The number of pyridine rings is 1. The van der Waals surface area contributed by atoms with Crippen molar-refractivity contribution >= 4 is 17.5 Å². The third-order valence-corrected chi connectivity index (χ3v) is 3.69. The third kappa shape index (κ3) is 3.91. The van der Waals surface area contributed by atoms with E-state index in [-0.39, 0.29) is 18.6 Å². The van der Waals surface area contributed by atoms with Crippen molar-refractivity contribution in [3.8, 4) is 0 Å². The maximum Gasteiger partial charge on any atom is 0.255 e. The molecule has 2 rings (SSSR count). The molecule has 1 fully saturated rings. The fourth-order valence-corrected chi connectivity index (χ4v) is 2.46. The van der Waals surface area contributed by atoms with Crippen LogP contribution in [0.2, 0.25) is 5.02 Å². The van der Waals surface area contributed by atoms with Gasteiger partial charge in [0.05, 0.1) is 16.7 Å². The molecule has 1 amide bonds. The summed E-state index contributed by atoms with van der Waals surface area (Å²) in [5.74, 6) is -0.0498. The third-order valence-electron chi connectivity index (χ3n) is 3.39. The summed E-state index contributed by atoms with van der Waals surface area (Å²) in [6, 6.07) is 1.65. The van der Waals surface area contributed by atoms with Crippen LogP contribution in [0.5, 0.6) is 0 Å². The quantitative estimate of drug-likeness (QED) is 0.841. The Morgan fingerprint density at radius 1 is 1.50 bits per heavy atom. The molecule has 1 aromatic heterocycles. The molecule has 20 heavy (non-hydrogen) atoms. The van der Waals surface area contributed by atoms with E-state index in [2.05, 4.69) is 4.98 Å². The zero-order valence-corrected chi connectivity index (χ0v) is 12.1. The Labute approximate surface area is 123 Å². The van der Waals surface area contributed by atoms with Crippen LogP contribution in [0.4, 0.5) is 0 Å². The van der Waals surface area contributed by atoms with Crippen LogP contribution in [0.15, 0.2) is 18.5 Å². The fraction of sp³-hybridized carbons (Fsp3) is 0.571. The summed E-state index contributed by atoms with van der Waals surface area (Å²) in [4.78, 5) is 18.0. The molecule has 0 aliphatic carbocycles. The van der Waals surface area contributed by atoms with Crippen molar-refractivity contribution in [2.24, 2.45) is 0 Å². The highest BCUT2D eigenvalue weighted by Gasteiger charge is 2.25. The summed E-state index contributed by atoms with van der Waals surface area (Å²) in [5, 5.41) is 9.10. The van der Waals surface area contributed by atoms with Crippen molar-refractivity contribution in [2.75, 3.05) is 26.3 Å². The molecule has 5 nitrogen and oxygen atoms in total. The SMILES string of the molecule is O=C(c1ccncc1Cl)N1CCC(OCCCO)CC1. The number of likely N-dealkylation sites (tertiary alicyclic amines) is 1. The molecule has 1 aromatic rings. The number of nitrogens with zero attached hydrogens (tertiary/aromatic N) is 2. The highest BCUT2D eigenvalue weighted by molar-refractivity contribution is 6.33. The van der Waals surface area contributed by atoms with Gasteiger partial charge in [0.25, 0.3) is 5.91 Å². The number of ether oxygens (including phenoxy) is 1. The van der Waals surface area contributed by atoms with Gasteiger partial charge < -0.3 is 14.7 Å². The molecule has 0 saturated carbocycles. The summed E-state index contributed by atoms with van der Waals surface area (Å²) in [6.07, 6.45) is 5.54. The molecule has 0 radical (unpaired) electrons. The Kier molecular flexibility index (Phi) is 5.76. The van der Waals surface area contributed by atoms with Crippen LogP contribution in [-0.4, -0.2) is 53.3 Å². The van der Waals surface area contributed by atoms with Gasteiger partial charge in [0.2, 0.25) is 0 Å². The Hall–Kier alpha value is -1.17. The summed E-state index contributed by atoms with van der Waals surface area (Å²) in [7, 11) is 0. The molecule has 110 valence electrons. The first-order chi connectivity index (χ1) is 9.72. The standard InChI is InChI=1S/C14H19ClN2O3/c15-13-10-16-5-2-12(13)14(19)17-6-3-11(4-7-17)20-9-1-8-18/h2,5,10-11,18H,1,3-4,6-9H2. The molecule has 2 heterocycles. The van der Waals surface area contributed by atoms with E-state index in [1.165, 1.54) is 6.20 Å². The summed E-state index contributed by atoms with van der Waals surface area (Å²) in [5.41, 5.74) is 0.501. The second-order valence-electron chi connectivity index (χ2n) is 4.80. The largest absolute Gasteiger partial charge is 0.396 e. The Morgan fingerprint density at radius 2 is 2.25 bits per heavy atom. The van der Waals surface area contributed by atoms with Crippen LogP contribution < -0.4 is 0 Å². The number of amides is 1. The topological polar surface area (TPSA) is 62.7 Å². The predicted octanol–water partition coefficient (Wildman–Crippen LogP) is 1.74. The molecule has 0 unspecified atom stereocenters. The van der Waals surface area contributed by atoms with Crippen molar-refractivity contribution in [1.82, 2.24) is 9.88 Å². The van der Waals surface area contributed by atoms with Crippen molar-refractivity contribution in [1.29, 1.82) is 0 Å². The fourth-order valence-electron chi connectivity index (χ4n) is 2.26. The number of carbonyl (C=O) groups excluding carboxylic acids is 1. The number of aliphatic hydroxyl groups excluding tert-OH is 1. The zero-order chi connectivity index (χ0) is 14.4. The van der Waals surface area contributed by atoms with E-state index in [0.29, 0.717) is 36.7 Å². The van der Waals surface area contributed by atoms with Gasteiger partial charge in [0.15, 0.2) is 0 Å². The van der Waals surface area contributed by atoms with E-state index in [9.17, 15) is 4.79 Å². The maximum atomic E-state index is 12.3. The number of aromatic nitrogens is 1. The molecule has 6 heteroatoms. The van der Waals surface area contributed by atoms with E-state index in [1.54, 1.807) is 17.2 Å². The molecule has 1 saturated heterocycles. The van der Waals surface area contributed by atoms with Crippen molar-refractivity contribution < 1.29 is 14.6 Å². The lowest BCUT2D eigenvalue weighted by Crippen LogP contribution is -2.41. The van der Waals surface area contributed by atoms with Gasteiger partial charge >= 0.3 is 0 Å². The minimum Gasteiger partial charge on any atom is -0.396 e. The lowest BCUT2D eigenvalue weighted by atomic mass is 10.1. The van der Waals surface area contributed by atoms with Crippen LogP contribution in [0.1, 0.15) is 29.6 Å². The minimum absolute atomic E-state index is 0.0498. The van der Waals surface area contributed by atoms with Gasteiger partial charge in [-0.1, -0.05) is 11.6 Å². The van der Waals surface area contributed by atoms with E-state index < -0.39 is 0 Å². The molecule has 0 atom stereocenters. The summed E-state index contributed by atoms with van der Waals surface area (Å²) >= 11 is 5.99. The van der Waals surface area contributed by atoms with Crippen LogP contribution in [0, 0.1) is 0 Å². The number of hydrogen-bond acceptors (Lipinski definition) is 4. The molecule has 0 aromatic carbocycles. The molecular formula is C14H19ClN2O3. The first-order valence-electron chi connectivity index (χ1n) is 6.83. The van der Waals surface area contributed by atoms with Gasteiger partial charge in [-0.25, -0.2) is 0 Å². The molecule has 1 aliphatic heterocycles. The van der Waals surface area contributed by atoms with Crippen LogP contribution in [0.25, 0.3) is 0 Å². The molecular weight excluding hydrogens is 280 g/mol. The number of piperidine rings is 1. The molecule has 0 spiro atoms. The summed E-state index contributed by atoms with van der Waals surface area (Å²) in [6.45, 7) is 2.06. The first-order valence-corrected chi connectivity index (χ1v) is 7.21. The number of carbonyl (C=O) groups is 1. The molecule has 0 bridgehead atoms. The van der Waals surface area contributed by atoms with Gasteiger partial charge in [0.1, 0.15) is 0 Å². The van der Waals surface area contributed by atoms with Gasteiger partial charge in [-0.2, -0.15) is 0 Å². The van der Waals surface area contributed by atoms with Crippen LogP contribution in [-0.2, 0) is 4.74 Å². The second-order valence-corrected chi connectivity index (χ2v) is 5.20. The van der Waals surface area contributed by atoms with E-state index >= 15 is 0 Å². The average Bonchev–Trinajstić information content (AvgIpc) is 2.48. The highest BCUT2D eigenvalue weighted by atomic mass is 35.5. The monoisotopic (exact) mass is 298 g/mol. The highest BCUT2D eigenvalue weighted by Crippen LogP contribution is 2.20. The number of aliphatic hydroxyl groups is 1. The summed E-state index contributed by atoms with van der Waals surface area (Å²) < 4.78 is 5.65. The Morgan fingerprint density at radius 3 is 2.90 bits per heavy atom. The van der Waals surface area contributed by atoms with Crippen LogP contribution >= 0.6 is 11.6 Å². The van der Waals surface area contributed by atoms with Gasteiger partial charge in [-0.15, -0.1) is 0 Å². The minimum atomic E-state index is -0.0498. The molecule has 1 N–H and O–H groups in total. The first kappa shape index (κ1) is 15.2. The van der Waals surface area contributed by atoms with Crippen LogP contribution in [0.3, 0.4) is 0 Å². The lowest BCUT2D eigenvalue weighted by molar-refractivity contribution is 0.00398. The smallest absolute Gasteiger partial charge is 0.255 e. The van der Waals surface area contributed by atoms with Gasteiger partial charge in [0, 0.05) is 38.7 Å². The van der Waals surface area contributed by atoms with Gasteiger partial charge in [-0.3, -0.25) is 9.78 Å². The lowest BCUT2D eigenvalue weighted by Gasteiger charge is -2.32.